The monoisotopic (exact) mass is 632 g/mol. The largest absolute Gasteiger partial charge is 0.479 e. The van der Waals surface area contributed by atoms with Gasteiger partial charge in [0.15, 0.2) is 6.04 Å². The van der Waals surface area contributed by atoms with Gasteiger partial charge in [-0.25, -0.2) is 4.79 Å². The molecule has 2 amide bonds. The van der Waals surface area contributed by atoms with E-state index in [0.29, 0.717) is 34.9 Å². The van der Waals surface area contributed by atoms with E-state index in [9.17, 15) is 39.1 Å². The van der Waals surface area contributed by atoms with Crippen molar-refractivity contribution >= 4 is 41.7 Å². The first kappa shape index (κ1) is 31.6. The molecule has 13 heteroatoms. The topological polar surface area (TPSA) is 192 Å². The maximum Gasteiger partial charge on any atom is 0.330 e. The summed E-state index contributed by atoms with van der Waals surface area (Å²) < 4.78 is 14.3. The van der Waals surface area contributed by atoms with Crippen molar-refractivity contribution < 1.29 is 33.9 Å². The Bertz CT molecular complexity index is 1770. The number of aliphatic carboxylic acids is 1. The highest BCUT2D eigenvalue weighted by Gasteiger charge is 2.49. The highest BCUT2D eigenvalue weighted by molar-refractivity contribution is 7.58. The summed E-state index contributed by atoms with van der Waals surface area (Å²) in [6.45, 7) is 0. The highest BCUT2D eigenvalue weighted by Crippen LogP contribution is 2.55. The second-order valence-electron chi connectivity index (χ2n) is 11.4. The van der Waals surface area contributed by atoms with Gasteiger partial charge in [0.1, 0.15) is 5.78 Å². The number of H-pyrrole nitrogens is 1. The molecule has 1 heterocycles. The van der Waals surface area contributed by atoms with Crippen LogP contribution >= 0.6 is 7.37 Å². The number of carbonyl (C=O) groups excluding carboxylic acids is 2. The van der Waals surface area contributed by atoms with E-state index in [-0.39, 0.29) is 30.5 Å². The number of carboxylic acids is 1. The molecule has 0 spiro atoms. The van der Waals surface area contributed by atoms with Gasteiger partial charge in [-0.2, -0.15) is 0 Å². The summed E-state index contributed by atoms with van der Waals surface area (Å²) >= 11 is 0. The smallest absolute Gasteiger partial charge is 0.330 e. The van der Waals surface area contributed by atoms with Crippen molar-refractivity contribution in [3.63, 3.8) is 0 Å². The summed E-state index contributed by atoms with van der Waals surface area (Å²) in [5.41, 5.74) is 0.268. The number of nitro groups is 1. The summed E-state index contributed by atoms with van der Waals surface area (Å²) in [7, 11) is -4.36. The van der Waals surface area contributed by atoms with E-state index in [0.717, 1.165) is 0 Å². The number of non-ortho nitro benzene ring substituents is 1. The van der Waals surface area contributed by atoms with Crippen molar-refractivity contribution in [1.29, 1.82) is 0 Å². The summed E-state index contributed by atoms with van der Waals surface area (Å²) in [5.74, 6) is -3.90. The molecule has 5 rings (SSSR count). The Morgan fingerprint density at radius 2 is 1.60 bits per heavy atom. The minimum absolute atomic E-state index is 0.0157. The molecular formula is C32H33N4O8P. The first-order chi connectivity index (χ1) is 21.5. The number of nitrogens with one attached hydrogen (secondary N) is 3. The molecule has 3 aromatic carbocycles. The molecule has 1 fully saturated rings. The van der Waals surface area contributed by atoms with Crippen molar-refractivity contribution in [2.24, 2.45) is 5.41 Å². The van der Waals surface area contributed by atoms with Crippen LogP contribution in [0.15, 0.2) is 85.1 Å². The normalized spacial score (nSPS) is 16.7. The number of hydrogen-bond donors (Lipinski definition) is 5. The first-order valence-corrected chi connectivity index (χ1v) is 16.4. The van der Waals surface area contributed by atoms with Crippen LogP contribution in [0.4, 0.5) is 5.69 Å². The molecule has 45 heavy (non-hydrogen) atoms. The second-order valence-corrected chi connectivity index (χ2v) is 13.9. The molecule has 0 aliphatic heterocycles. The van der Waals surface area contributed by atoms with Gasteiger partial charge in [0.25, 0.3) is 11.6 Å². The SMILES string of the molecule is O=C(N[C@@H](Cc1ccccc1)P(=O)(O)CC1(C(=O)N[C@H](C(=O)O)c2c[nH]c3ccccc23)CCCC1)c1ccc([N+](=O)[O-])cc1. The fraction of sp³-hybridized carbons (Fsp3) is 0.281. The number of amides is 2. The molecule has 12 nitrogen and oxygen atoms in total. The van der Waals surface area contributed by atoms with Gasteiger partial charge < -0.3 is 25.6 Å². The van der Waals surface area contributed by atoms with Crippen LogP contribution in [0, 0.1) is 15.5 Å². The Labute approximate surface area is 258 Å². The van der Waals surface area contributed by atoms with E-state index < -0.39 is 53.5 Å². The Morgan fingerprint density at radius 1 is 0.956 bits per heavy atom. The van der Waals surface area contributed by atoms with Crippen molar-refractivity contribution in [3.8, 4) is 0 Å². The summed E-state index contributed by atoms with van der Waals surface area (Å²) in [6, 6.07) is 19.4. The molecule has 1 aromatic heterocycles. The van der Waals surface area contributed by atoms with Crippen LogP contribution in [0.1, 0.15) is 53.2 Å². The van der Waals surface area contributed by atoms with Crippen LogP contribution in [-0.4, -0.2) is 49.6 Å². The van der Waals surface area contributed by atoms with Crippen LogP contribution < -0.4 is 10.6 Å². The zero-order chi connectivity index (χ0) is 32.2. The molecule has 5 N–H and O–H groups in total. The van der Waals surface area contributed by atoms with E-state index in [1.165, 1.54) is 30.5 Å². The number of carbonyl (C=O) groups is 3. The van der Waals surface area contributed by atoms with Gasteiger partial charge in [0.2, 0.25) is 13.3 Å². The standard InChI is InChI=1S/C32H33N4O8P/c37-29(22-12-14-23(15-13-22)36(41)42)34-27(18-21-8-2-1-3-9-21)45(43,44)20-32(16-6-7-17-32)31(40)35-28(30(38)39)25-19-33-26-11-5-4-10-24(25)26/h1-5,8-15,19,27-28,33H,6-7,16-18,20H2,(H,34,37)(H,35,40)(H,38,39)(H,43,44)/t27-,28+/m1/s1. The van der Waals surface area contributed by atoms with E-state index in [4.69, 9.17) is 0 Å². The zero-order valence-corrected chi connectivity index (χ0v) is 25.1. The van der Waals surface area contributed by atoms with Crippen LogP contribution in [0.2, 0.25) is 0 Å². The molecule has 3 atom stereocenters. The highest BCUT2D eigenvalue weighted by atomic mass is 31.2. The molecular weight excluding hydrogens is 599 g/mol. The predicted octanol–water partition coefficient (Wildman–Crippen LogP) is 5.15. The number of fused-ring (bicyclic) bond motifs is 1. The molecule has 0 saturated heterocycles. The molecule has 0 bridgehead atoms. The lowest BCUT2D eigenvalue weighted by Crippen LogP contribution is -2.47. The fourth-order valence-corrected chi connectivity index (χ4v) is 8.41. The van der Waals surface area contributed by atoms with Crippen LogP contribution in [0.5, 0.6) is 0 Å². The Morgan fingerprint density at radius 3 is 2.24 bits per heavy atom. The van der Waals surface area contributed by atoms with Crippen molar-refractivity contribution in [2.45, 2.75) is 43.9 Å². The van der Waals surface area contributed by atoms with E-state index in [1.807, 2.05) is 0 Å². The van der Waals surface area contributed by atoms with Crippen molar-refractivity contribution in [2.75, 3.05) is 6.16 Å². The average molecular weight is 633 g/mol. The number of carboxylic acid groups (broad SMARTS) is 1. The van der Waals surface area contributed by atoms with E-state index >= 15 is 0 Å². The van der Waals surface area contributed by atoms with Crippen molar-refractivity contribution in [3.05, 3.63) is 112 Å². The molecule has 234 valence electrons. The Kier molecular flexibility index (Phi) is 9.17. The van der Waals surface area contributed by atoms with Crippen molar-refractivity contribution in [1.82, 2.24) is 15.6 Å². The number of nitrogens with zero attached hydrogens (tertiary/aromatic N) is 1. The van der Waals surface area contributed by atoms with E-state index in [2.05, 4.69) is 15.6 Å². The number of benzene rings is 3. The van der Waals surface area contributed by atoms with Gasteiger partial charge in [-0.1, -0.05) is 61.4 Å². The molecule has 1 saturated carbocycles. The third-order valence-corrected chi connectivity index (χ3v) is 10.8. The third kappa shape index (κ3) is 6.97. The van der Waals surface area contributed by atoms with Crippen LogP contribution in [0.3, 0.4) is 0 Å². The van der Waals surface area contributed by atoms with E-state index in [1.54, 1.807) is 54.6 Å². The number of nitro benzene ring substituents is 1. The molecule has 1 aliphatic carbocycles. The first-order valence-electron chi connectivity index (χ1n) is 14.5. The number of aromatic amines is 1. The average Bonchev–Trinajstić information content (AvgIpc) is 3.67. The third-order valence-electron chi connectivity index (χ3n) is 8.42. The maximum absolute atomic E-state index is 14.3. The summed E-state index contributed by atoms with van der Waals surface area (Å²) in [5, 5.41) is 27.1. The Hall–Kier alpha value is -4.80. The summed E-state index contributed by atoms with van der Waals surface area (Å²) in [4.78, 5) is 64.7. The fourth-order valence-electron chi connectivity index (χ4n) is 6.04. The van der Waals surface area contributed by atoms with Gasteiger partial charge in [-0.15, -0.1) is 0 Å². The van der Waals surface area contributed by atoms with Gasteiger partial charge in [-0.05, 0) is 36.6 Å². The van der Waals surface area contributed by atoms with Gasteiger partial charge >= 0.3 is 5.97 Å². The molecule has 4 aromatic rings. The van der Waals surface area contributed by atoms with Crippen LogP contribution in [-0.2, 0) is 20.6 Å². The lowest BCUT2D eigenvalue weighted by atomic mass is 9.87. The van der Waals surface area contributed by atoms with Gasteiger partial charge in [0.05, 0.1) is 10.3 Å². The van der Waals surface area contributed by atoms with Gasteiger partial charge in [-0.3, -0.25) is 24.3 Å². The lowest BCUT2D eigenvalue weighted by molar-refractivity contribution is -0.384. The molecule has 1 aliphatic rings. The Balaban J connectivity index is 1.42. The predicted molar refractivity (Wildman–Crippen MR) is 167 cm³/mol. The quantitative estimate of drug-likeness (QED) is 0.0804. The zero-order valence-electron chi connectivity index (χ0n) is 24.2. The number of para-hydroxylation sites is 1. The summed E-state index contributed by atoms with van der Waals surface area (Å²) in [6.07, 6.45) is 2.82. The maximum atomic E-state index is 14.3. The second kappa shape index (κ2) is 13.1. The van der Waals surface area contributed by atoms with Crippen LogP contribution in [0.25, 0.3) is 10.9 Å². The number of aromatic nitrogens is 1. The minimum atomic E-state index is -4.36. The molecule has 1 unspecified atom stereocenters. The molecule has 0 radical (unpaired) electrons. The minimum Gasteiger partial charge on any atom is -0.479 e. The lowest BCUT2D eigenvalue weighted by Gasteiger charge is -2.34. The number of hydrogen-bond acceptors (Lipinski definition) is 6. The van der Waals surface area contributed by atoms with Gasteiger partial charge in [0, 0.05) is 52.9 Å². The number of rotatable bonds is 12.